The SMILES string of the molecule is CCCC[C@H]1C(=O)N(C)[C@@H](CCCC)C(=O)N[C@@H](CCC(=O)O)C(=O)N[C@H](C(=O)NCC(N)=O)CSCC(=O)N[C@@H](Cc2ccc(O)cc2)C(=O)N(C)[C@@H](C)C(=O)N[C@@H](CC(N)=O)C(=O)N2CCC[C@H]2C(=O)N[C@@H](Cc2c[nH]cn2)C(=O)N[C@@H](CCC(N)=O)C(=O)N2C[C@H](O)C[C@H]2C(=O)N[C@@H](Cc2c[nH]c3ccccc23)C(=O)N[C@@H](CCCCN)C(=O)N[C@@H](Cc2c[nH]c3ccccc23)C(=O)N1C. The maximum absolute atomic E-state index is 15.9. The van der Waals surface area contributed by atoms with Gasteiger partial charge in [0.05, 0.1) is 36.8 Å². The molecule has 748 valence electrons. The number of hydrogen-bond donors (Lipinski definition) is 20. The molecule has 3 aliphatic rings. The molecule has 0 bridgehead atoms. The number of H-pyrrole nitrogens is 3. The Bertz CT molecular complexity index is 5340. The Morgan fingerprint density at radius 1 is 0.507 bits per heavy atom. The van der Waals surface area contributed by atoms with Crippen LogP contribution in [-0.2, 0) is 117 Å². The summed E-state index contributed by atoms with van der Waals surface area (Å²) in [5, 5.41) is 59.3. The number of benzene rings is 3. The minimum absolute atomic E-state index is 0.0318. The Hall–Kier alpha value is -14.1. The van der Waals surface area contributed by atoms with Crippen molar-refractivity contribution in [3.63, 3.8) is 0 Å². The topological polar surface area (TPSA) is 686 Å². The third-order valence-corrected chi connectivity index (χ3v) is 25.7. The maximum Gasteiger partial charge on any atom is 0.303 e. The molecular formula is C92H127N23O22S. The molecule has 15 atom stereocenters. The number of carbonyl (C=O) groups is 19. The van der Waals surface area contributed by atoms with Crippen molar-refractivity contribution in [1.82, 2.24) is 97.6 Å². The standard InChI is InChI=1S/C92H127N23O22S/c1-7-9-23-70-85(130)104-62(31-33-78(122)123)82(127)110-69(80(125)100-45-76(96)120)47-138-48-77(121)102-66(36-51-26-28-55(116)29-27-51)88(133)111(4)50(3)79(124)108-68(41-75(95)119)91(136)114-35-17-25-71(114)86(131)107-65(39-54-44-97-49-101-54)84(129)105-63(30-32-74(94)118)90(135)115-46-56(117)40-73(115)87(132)106-64(37-52-42-98-59-20-13-11-18-57(52)59)83(128)103-61(22-15-16-34-93)81(126)109-67(38-53-43-99-60-21-14-12-19-58(53)60)89(134)113(6)72(24-10-8-2)92(137)112(70)5/h11-14,18-21,26-29,42-44,49-50,56,61-73,98-99,116-117H,7-10,15-17,22-25,30-41,45-48,93H2,1-6H3,(H2,94,118)(H2,95,119)(H2,96,120)(H,97,101)(H,100,125)(H,102,121)(H,103,128)(H,104,130)(H,105,129)(H,106,132)(H,107,131)(H,108,124)(H,109,126)(H,110,127)(H,122,123)/t50-,56+,61-,62-,63-,64-,65-,66-,67-,68-,69-,70-,71-,72-,73-/m0/s1. The molecule has 3 fully saturated rings. The van der Waals surface area contributed by atoms with Gasteiger partial charge in [0.25, 0.3) is 0 Å². The number of carboxylic acid groups (broad SMARTS) is 1. The molecule has 0 saturated carbocycles. The van der Waals surface area contributed by atoms with Gasteiger partial charge in [-0.1, -0.05) is 88.1 Å². The number of likely N-dealkylation sites (N-methyl/N-ethyl adjacent to an activating group) is 3. The number of fused-ring (bicyclic) bond motifs is 4. The van der Waals surface area contributed by atoms with Crippen molar-refractivity contribution in [2.24, 2.45) is 22.9 Å². The van der Waals surface area contributed by atoms with Crippen molar-refractivity contribution >= 4 is 146 Å². The van der Waals surface area contributed by atoms with Crippen molar-refractivity contribution in [2.45, 2.75) is 246 Å². The molecule has 0 aliphatic carbocycles. The number of phenolic OH excluding ortho intramolecular Hbond substituents is 1. The van der Waals surface area contributed by atoms with Crippen LogP contribution in [0.2, 0.25) is 0 Å². The van der Waals surface area contributed by atoms with E-state index in [9.17, 15) is 68.1 Å². The summed E-state index contributed by atoms with van der Waals surface area (Å²) in [5.41, 5.74) is 25.7. The van der Waals surface area contributed by atoms with Gasteiger partial charge in [-0.15, -0.1) is 11.8 Å². The van der Waals surface area contributed by atoms with Gasteiger partial charge in [0.2, 0.25) is 106 Å². The molecule has 9 rings (SSSR count). The molecule has 138 heavy (non-hydrogen) atoms. The number of nitrogens with one attached hydrogen (secondary N) is 13. The number of imidazole rings is 1. The summed E-state index contributed by atoms with van der Waals surface area (Å²) in [6.07, 6.45) is 1.23. The van der Waals surface area contributed by atoms with E-state index in [1.807, 2.05) is 6.92 Å². The first-order valence-corrected chi connectivity index (χ1v) is 47.2. The highest BCUT2D eigenvalue weighted by atomic mass is 32.2. The number of unbranched alkanes of at least 4 members (excludes halogenated alkanes) is 3. The van der Waals surface area contributed by atoms with E-state index in [-0.39, 0.29) is 88.7 Å². The zero-order valence-electron chi connectivity index (χ0n) is 78.0. The van der Waals surface area contributed by atoms with E-state index in [1.54, 1.807) is 67.8 Å². The van der Waals surface area contributed by atoms with Gasteiger partial charge < -0.3 is 131 Å². The third-order valence-electron chi connectivity index (χ3n) is 24.7. The van der Waals surface area contributed by atoms with Gasteiger partial charge in [0.1, 0.15) is 90.3 Å². The molecule has 0 spiro atoms. The Morgan fingerprint density at radius 3 is 1.64 bits per heavy atom. The van der Waals surface area contributed by atoms with Crippen LogP contribution >= 0.6 is 11.8 Å². The summed E-state index contributed by atoms with van der Waals surface area (Å²) < 4.78 is 0. The number of hydrogen-bond acceptors (Lipinski definition) is 24. The van der Waals surface area contributed by atoms with Crippen LogP contribution in [0.3, 0.4) is 0 Å². The fourth-order valence-electron chi connectivity index (χ4n) is 16.9. The number of nitrogens with zero attached hydrogens (tertiary/aromatic N) is 6. The molecule has 3 aromatic heterocycles. The number of nitrogens with two attached hydrogens (primary N) is 4. The van der Waals surface area contributed by atoms with Gasteiger partial charge in [-0.05, 0) is 112 Å². The van der Waals surface area contributed by atoms with E-state index < -0.39 is 273 Å². The van der Waals surface area contributed by atoms with Gasteiger partial charge in [-0.25, -0.2) is 4.98 Å². The van der Waals surface area contributed by atoms with E-state index in [4.69, 9.17) is 22.9 Å². The first-order chi connectivity index (χ1) is 65.8. The molecule has 46 heteroatoms. The Kier molecular flexibility index (Phi) is 40.4. The van der Waals surface area contributed by atoms with Crippen LogP contribution in [-0.4, -0.2) is 322 Å². The number of aromatic amines is 3. The quantitative estimate of drug-likeness (QED) is 0.0209. The lowest BCUT2D eigenvalue weighted by molar-refractivity contribution is -0.149. The zero-order chi connectivity index (χ0) is 101. The third kappa shape index (κ3) is 30.2. The van der Waals surface area contributed by atoms with Gasteiger partial charge >= 0.3 is 5.97 Å². The minimum Gasteiger partial charge on any atom is -0.508 e. The van der Waals surface area contributed by atoms with Crippen molar-refractivity contribution in [3.05, 3.63) is 120 Å². The predicted octanol–water partition coefficient (Wildman–Crippen LogP) is -2.97. The highest BCUT2D eigenvalue weighted by molar-refractivity contribution is 8.00. The van der Waals surface area contributed by atoms with Gasteiger partial charge in [0.15, 0.2) is 0 Å². The summed E-state index contributed by atoms with van der Waals surface area (Å²) in [7, 11) is 3.83. The molecule has 3 aromatic carbocycles. The molecule has 3 saturated heterocycles. The largest absolute Gasteiger partial charge is 0.508 e. The minimum atomic E-state index is -1.83. The molecular weight excluding hydrogens is 1810 g/mol. The second-order valence-corrected chi connectivity index (χ2v) is 35.9. The number of aliphatic hydroxyl groups excluding tert-OH is 1. The first kappa shape index (κ1) is 108. The second-order valence-electron chi connectivity index (χ2n) is 34.9. The number of amides is 18. The number of aromatic nitrogens is 4. The number of thioether (sulfide) groups is 1. The van der Waals surface area contributed by atoms with Crippen LogP contribution < -0.4 is 76.1 Å². The van der Waals surface area contributed by atoms with E-state index in [1.165, 1.54) is 64.9 Å². The summed E-state index contributed by atoms with van der Waals surface area (Å²) in [5.74, 6) is -20.5. The Balaban J connectivity index is 1.12. The molecule has 18 amide bonds. The number of primary amides is 3. The zero-order valence-corrected chi connectivity index (χ0v) is 78.8. The van der Waals surface area contributed by atoms with Crippen molar-refractivity contribution in [2.75, 3.05) is 58.8 Å². The second kappa shape index (κ2) is 51.8. The van der Waals surface area contributed by atoms with Crippen LogP contribution in [0.5, 0.6) is 5.75 Å². The van der Waals surface area contributed by atoms with E-state index in [0.717, 1.165) is 24.5 Å². The van der Waals surface area contributed by atoms with Crippen LogP contribution in [0.4, 0.5) is 0 Å². The summed E-state index contributed by atoms with van der Waals surface area (Å²) >= 11 is 0.703. The van der Waals surface area contributed by atoms with Crippen LogP contribution in [0.25, 0.3) is 21.8 Å². The smallest absolute Gasteiger partial charge is 0.303 e. The maximum atomic E-state index is 15.9. The average Bonchev–Trinajstić information content (AvgIpc) is 1.69. The molecule has 45 nitrogen and oxygen atoms in total. The fraction of sp³-hybridized carbons (Fsp3) is 0.522. The van der Waals surface area contributed by atoms with Crippen LogP contribution in [0, 0.1) is 0 Å². The van der Waals surface area contributed by atoms with Gasteiger partial charge in [0, 0.05) is 125 Å². The van der Waals surface area contributed by atoms with Crippen LogP contribution in [0.1, 0.15) is 152 Å². The number of rotatable bonds is 29. The molecule has 0 radical (unpaired) electrons. The summed E-state index contributed by atoms with van der Waals surface area (Å²) in [4.78, 5) is 295. The van der Waals surface area contributed by atoms with E-state index >= 15 is 38.4 Å². The number of aliphatic carboxylic acids is 1. The fourth-order valence-corrected chi connectivity index (χ4v) is 17.8. The average molecular weight is 1940 g/mol. The molecule has 6 aromatic rings. The van der Waals surface area contributed by atoms with Crippen LogP contribution in [0.15, 0.2) is 97.7 Å². The number of aromatic hydroxyl groups is 1. The summed E-state index contributed by atoms with van der Waals surface area (Å²) in [6, 6.07) is -3.04. The molecule has 6 heterocycles. The lowest BCUT2D eigenvalue weighted by Crippen LogP contribution is -2.61. The number of aliphatic hydroxyl groups is 1. The van der Waals surface area contributed by atoms with Crippen molar-refractivity contribution in [1.29, 1.82) is 0 Å². The lowest BCUT2D eigenvalue weighted by atomic mass is 9.99. The lowest BCUT2D eigenvalue weighted by Gasteiger charge is -2.36. The number of carboxylic acids is 1. The van der Waals surface area contributed by atoms with E-state index in [2.05, 4.69) is 73.1 Å². The van der Waals surface area contributed by atoms with Gasteiger partial charge in [-0.2, -0.15) is 0 Å². The predicted molar refractivity (Wildman–Crippen MR) is 502 cm³/mol. The Morgan fingerprint density at radius 2 is 1.04 bits per heavy atom. The number of para-hydroxylation sites is 2. The monoisotopic (exact) mass is 1940 g/mol. The normalized spacial score (nSPS) is 24.4. The molecule has 24 N–H and O–H groups in total. The highest BCUT2D eigenvalue weighted by Crippen LogP contribution is 2.28. The Labute approximate surface area is 799 Å². The molecule has 0 unspecified atom stereocenters. The molecule has 3 aliphatic heterocycles. The van der Waals surface area contributed by atoms with Crippen molar-refractivity contribution < 1.29 is 106 Å². The van der Waals surface area contributed by atoms with Gasteiger partial charge in [-0.3, -0.25) is 91.1 Å². The number of phenols is 1. The number of carbonyl (C=O) groups excluding carboxylic acids is 18. The van der Waals surface area contributed by atoms with Crippen molar-refractivity contribution in [3.8, 4) is 5.75 Å². The summed E-state index contributed by atoms with van der Waals surface area (Å²) in [6.45, 7) is 3.51. The first-order valence-electron chi connectivity index (χ1n) is 46.1. The van der Waals surface area contributed by atoms with E-state index in [0.29, 0.717) is 75.9 Å². The highest BCUT2D eigenvalue weighted by Gasteiger charge is 2.47.